The summed E-state index contributed by atoms with van der Waals surface area (Å²) in [5, 5.41) is 9.66. The first-order chi connectivity index (χ1) is 8.40. The molecule has 2 rings (SSSR count). The van der Waals surface area contributed by atoms with Gasteiger partial charge in [-0.05, 0) is 18.3 Å². The predicted octanol–water partition coefficient (Wildman–Crippen LogP) is 0.703. The third-order valence-electron chi connectivity index (χ3n) is 3.95. The summed E-state index contributed by atoms with van der Waals surface area (Å²) in [4.78, 5) is 25.8. The van der Waals surface area contributed by atoms with Crippen molar-refractivity contribution in [3.63, 3.8) is 0 Å². The van der Waals surface area contributed by atoms with E-state index in [-0.39, 0.29) is 23.8 Å². The van der Waals surface area contributed by atoms with Gasteiger partial charge >= 0.3 is 0 Å². The summed E-state index contributed by atoms with van der Waals surface area (Å²) in [7, 11) is 0. The van der Waals surface area contributed by atoms with E-state index in [9.17, 15) is 14.7 Å². The molecule has 0 aliphatic carbocycles. The first-order valence-electron chi connectivity index (χ1n) is 6.45. The van der Waals surface area contributed by atoms with Gasteiger partial charge in [-0.3, -0.25) is 14.5 Å². The van der Waals surface area contributed by atoms with Crippen LogP contribution in [0.4, 0.5) is 0 Å². The molecule has 0 aromatic carbocycles. The Labute approximate surface area is 107 Å². The Kier molecular flexibility index (Phi) is 3.47. The molecule has 0 aromatic heterocycles. The normalized spacial score (nSPS) is 27.4. The third-order valence-corrected chi connectivity index (χ3v) is 3.95. The fraction of sp³-hybridized carbons (Fsp3) is 0.846. The number of carbonyl (C=O) groups is 2. The number of carbonyl (C=O) groups excluding carboxylic acids is 2. The van der Waals surface area contributed by atoms with Crippen molar-refractivity contribution < 1.29 is 19.4 Å². The zero-order valence-electron chi connectivity index (χ0n) is 11.1. The number of rotatable bonds is 2. The minimum Gasteiger partial charge on any atom is -0.394 e. The second-order valence-corrected chi connectivity index (χ2v) is 6.14. The number of aliphatic hydroxyl groups excluding tert-OH is 1. The molecule has 0 bridgehead atoms. The highest BCUT2D eigenvalue weighted by Crippen LogP contribution is 2.38. The van der Waals surface area contributed by atoms with E-state index in [4.69, 9.17) is 4.74 Å². The van der Waals surface area contributed by atoms with E-state index in [1.165, 1.54) is 4.90 Å². The van der Waals surface area contributed by atoms with Crippen molar-refractivity contribution in [3.05, 3.63) is 0 Å². The molecule has 0 unspecified atom stereocenters. The minimum atomic E-state index is -0.733. The van der Waals surface area contributed by atoms with E-state index in [0.717, 1.165) is 0 Å². The highest BCUT2D eigenvalue weighted by atomic mass is 16.5. The van der Waals surface area contributed by atoms with Crippen molar-refractivity contribution in [2.24, 2.45) is 5.41 Å². The number of hydrogen-bond donors (Lipinski definition) is 1. The van der Waals surface area contributed by atoms with Crippen LogP contribution in [-0.4, -0.2) is 47.2 Å². The molecule has 1 N–H and O–H groups in total. The lowest BCUT2D eigenvalue weighted by Gasteiger charge is -2.47. The van der Waals surface area contributed by atoms with Gasteiger partial charge in [0.1, 0.15) is 0 Å². The maximum atomic E-state index is 12.2. The Balaban J connectivity index is 2.25. The molecular formula is C13H21NO4. The van der Waals surface area contributed by atoms with Gasteiger partial charge in [0.2, 0.25) is 11.8 Å². The SMILES string of the molecule is CC1(C)CC(=O)N(C2(CO)CCOCC2)C(=O)C1. The summed E-state index contributed by atoms with van der Waals surface area (Å²) in [6.45, 7) is 4.65. The average Bonchev–Trinajstić information content (AvgIpc) is 2.27. The highest BCUT2D eigenvalue weighted by Gasteiger charge is 2.48. The van der Waals surface area contributed by atoms with Crippen molar-refractivity contribution in [3.8, 4) is 0 Å². The fourth-order valence-corrected chi connectivity index (χ4v) is 2.91. The van der Waals surface area contributed by atoms with Crippen LogP contribution in [0.5, 0.6) is 0 Å². The Morgan fingerprint density at radius 3 is 2.11 bits per heavy atom. The molecule has 5 heteroatoms. The molecule has 0 saturated carbocycles. The molecule has 5 nitrogen and oxygen atoms in total. The Morgan fingerprint density at radius 2 is 1.67 bits per heavy atom. The first kappa shape index (κ1) is 13.5. The van der Waals surface area contributed by atoms with Crippen LogP contribution in [0.15, 0.2) is 0 Å². The number of nitrogens with zero attached hydrogens (tertiary/aromatic N) is 1. The number of imide groups is 1. The minimum absolute atomic E-state index is 0.160. The molecule has 2 heterocycles. The molecule has 0 spiro atoms. The van der Waals surface area contributed by atoms with Crippen molar-refractivity contribution in [1.29, 1.82) is 0 Å². The number of likely N-dealkylation sites (tertiary alicyclic amines) is 1. The Morgan fingerprint density at radius 1 is 1.17 bits per heavy atom. The molecule has 2 saturated heterocycles. The number of amides is 2. The predicted molar refractivity (Wildman–Crippen MR) is 64.7 cm³/mol. The number of piperidine rings is 1. The zero-order chi connectivity index (χ0) is 13.4. The van der Waals surface area contributed by atoms with E-state index in [0.29, 0.717) is 38.9 Å². The van der Waals surface area contributed by atoms with E-state index in [1.54, 1.807) is 0 Å². The lowest BCUT2D eigenvalue weighted by atomic mass is 9.78. The Hall–Kier alpha value is -0.940. The number of aliphatic hydroxyl groups is 1. The van der Waals surface area contributed by atoms with Crippen LogP contribution in [0.3, 0.4) is 0 Å². The monoisotopic (exact) mass is 255 g/mol. The van der Waals surface area contributed by atoms with Gasteiger partial charge in [0.15, 0.2) is 0 Å². The van der Waals surface area contributed by atoms with Gasteiger partial charge in [-0.1, -0.05) is 13.8 Å². The zero-order valence-corrected chi connectivity index (χ0v) is 11.1. The smallest absolute Gasteiger partial charge is 0.230 e. The summed E-state index contributed by atoms with van der Waals surface area (Å²) in [5.74, 6) is -0.320. The molecule has 18 heavy (non-hydrogen) atoms. The maximum Gasteiger partial charge on any atom is 0.230 e. The quantitative estimate of drug-likeness (QED) is 0.738. The van der Waals surface area contributed by atoms with Crippen molar-refractivity contribution in [1.82, 2.24) is 4.90 Å². The molecule has 0 aromatic rings. The summed E-state index contributed by atoms with van der Waals surface area (Å²) in [6, 6.07) is 0. The van der Waals surface area contributed by atoms with Crippen LogP contribution in [0.25, 0.3) is 0 Å². The molecule has 2 aliphatic rings. The number of hydrogen-bond acceptors (Lipinski definition) is 4. The molecule has 2 fully saturated rings. The summed E-state index contributed by atoms with van der Waals surface area (Å²) in [6.07, 6.45) is 1.78. The lowest BCUT2D eigenvalue weighted by Crippen LogP contribution is -2.62. The van der Waals surface area contributed by atoms with Crippen molar-refractivity contribution in [2.75, 3.05) is 19.8 Å². The second kappa shape index (κ2) is 4.63. The van der Waals surface area contributed by atoms with Crippen LogP contribution < -0.4 is 0 Å². The van der Waals surface area contributed by atoms with E-state index in [2.05, 4.69) is 0 Å². The first-order valence-corrected chi connectivity index (χ1v) is 6.45. The van der Waals surface area contributed by atoms with E-state index in [1.807, 2.05) is 13.8 Å². The second-order valence-electron chi connectivity index (χ2n) is 6.14. The summed E-state index contributed by atoms with van der Waals surface area (Å²) >= 11 is 0. The van der Waals surface area contributed by atoms with Crippen LogP contribution in [0.2, 0.25) is 0 Å². The third kappa shape index (κ3) is 2.29. The van der Waals surface area contributed by atoms with Crippen LogP contribution >= 0.6 is 0 Å². The molecule has 0 atom stereocenters. The van der Waals surface area contributed by atoms with Gasteiger partial charge in [-0.15, -0.1) is 0 Å². The largest absolute Gasteiger partial charge is 0.394 e. The Bertz CT molecular complexity index is 338. The van der Waals surface area contributed by atoms with Crippen LogP contribution in [0.1, 0.15) is 39.5 Å². The lowest BCUT2D eigenvalue weighted by molar-refractivity contribution is -0.167. The molecule has 2 amide bonds. The molecule has 102 valence electrons. The van der Waals surface area contributed by atoms with Crippen LogP contribution in [0, 0.1) is 5.41 Å². The number of ether oxygens (including phenoxy) is 1. The molecular weight excluding hydrogens is 234 g/mol. The molecule has 2 aliphatic heterocycles. The van der Waals surface area contributed by atoms with Gasteiger partial charge in [0.25, 0.3) is 0 Å². The van der Waals surface area contributed by atoms with Crippen molar-refractivity contribution in [2.45, 2.75) is 45.1 Å². The van der Waals surface area contributed by atoms with Gasteiger partial charge in [-0.2, -0.15) is 0 Å². The fourth-order valence-electron chi connectivity index (χ4n) is 2.91. The average molecular weight is 255 g/mol. The maximum absolute atomic E-state index is 12.2. The summed E-state index contributed by atoms with van der Waals surface area (Å²) in [5.41, 5.74) is -1.00. The van der Waals surface area contributed by atoms with E-state index < -0.39 is 5.54 Å². The van der Waals surface area contributed by atoms with Gasteiger partial charge in [0.05, 0.1) is 12.1 Å². The highest BCUT2D eigenvalue weighted by molar-refractivity contribution is 5.99. The molecule has 0 radical (unpaired) electrons. The topological polar surface area (TPSA) is 66.8 Å². The van der Waals surface area contributed by atoms with Gasteiger partial charge < -0.3 is 9.84 Å². The van der Waals surface area contributed by atoms with Gasteiger partial charge in [0, 0.05) is 26.1 Å². The standard InChI is InChI=1S/C13H21NO4/c1-12(2)7-10(16)14(11(17)8-12)13(9-15)3-5-18-6-4-13/h15H,3-9H2,1-2H3. The van der Waals surface area contributed by atoms with Gasteiger partial charge in [-0.25, -0.2) is 0 Å². The van der Waals surface area contributed by atoms with Crippen molar-refractivity contribution >= 4 is 11.8 Å². The summed E-state index contributed by atoms with van der Waals surface area (Å²) < 4.78 is 5.27. The van der Waals surface area contributed by atoms with Crippen LogP contribution in [-0.2, 0) is 14.3 Å². The van der Waals surface area contributed by atoms with E-state index >= 15 is 0 Å².